The second-order valence-corrected chi connectivity index (χ2v) is 4.77. The average Bonchev–Trinajstić information content (AvgIpc) is 3.12. The number of allylic oxidation sites excluding steroid dienone is 1. The van der Waals surface area contributed by atoms with Crippen molar-refractivity contribution in [3.05, 3.63) is 53.5 Å². The molecular formula is C18H21N3O2. The fraction of sp³-hybridized carbons (Fsp3) is 0.278. The topological polar surface area (TPSA) is 63.5 Å². The van der Waals surface area contributed by atoms with E-state index in [9.17, 15) is 9.59 Å². The molecule has 2 aromatic rings. The van der Waals surface area contributed by atoms with Gasteiger partial charge in [-0.05, 0) is 31.1 Å². The number of carbonyl (C=O) groups excluding carboxylic acids is 2. The second kappa shape index (κ2) is 7.05. The number of imide groups is 1. The van der Waals surface area contributed by atoms with E-state index in [1.165, 1.54) is 0 Å². The molecule has 0 fully saturated rings. The van der Waals surface area contributed by atoms with E-state index in [1.807, 2.05) is 62.6 Å². The molecule has 3 heterocycles. The molecule has 0 aromatic carbocycles. The van der Waals surface area contributed by atoms with Crippen LogP contribution in [0.5, 0.6) is 0 Å². The summed E-state index contributed by atoms with van der Waals surface area (Å²) in [6.07, 6.45) is 6.02. The molecule has 0 radical (unpaired) electrons. The zero-order valence-corrected chi connectivity index (χ0v) is 13.9. The summed E-state index contributed by atoms with van der Waals surface area (Å²) in [4.78, 5) is 28.6. The van der Waals surface area contributed by atoms with Crippen LogP contribution in [0.25, 0.3) is 11.2 Å². The fourth-order valence-corrected chi connectivity index (χ4v) is 2.65. The van der Waals surface area contributed by atoms with E-state index in [0.29, 0.717) is 23.3 Å². The van der Waals surface area contributed by atoms with E-state index >= 15 is 0 Å². The maximum Gasteiger partial charge on any atom is 0.261 e. The molecule has 23 heavy (non-hydrogen) atoms. The summed E-state index contributed by atoms with van der Waals surface area (Å²) >= 11 is 0. The fourth-order valence-electron chi connectivity index (χ4n) is 2.65. The summed E-state index contributed by atoms with van der Waals surface area (Å²) in [5, 5.41) is 2.39. The summed E-state index contributed by atoms with van der Waals surface area (Å²) < 4.78 is 1.82. The van der Waals surface area contributed by atoms with Crippen LogP contribution in [0.4, 0.5) is 0 Å². The highest BCUT2D eigenvalue weighted by Crippen LogP contribution is 2.30. The van der Waals surface area contributed by atoms with Crippen molar-refractivity contribution >= 4 is 23.0 Å². The predicted octanol–water partition coefficient (Wildman–Crippen LogP) is 3.13. The Labute approximate surface area is 135 Å². The van der Waals surface area contributed by atoms with Crippen LogP contribution >= 0.6 is 0 Å². The molecule has 0 aliphatic carbocycles. The standard InChI is InChI=1S/C16H15N3O2.C2H6/c1-3-10(4-2)13-14(16(21)18-15(13)20)11-9-17-12-7-5-6-8-19(11)12;1-2/h3,5-9H,4H2,1-2H3,(H,18,20,21);1-2H3/b10-3+;. The van der Waals surface area contributed by atoms with Crippen LogP contribution in [-0.4, -0.2) is 21.2 Å². The van der Waals surface area contributed by atoms with Crippen LogP contribution in [0.2, 0.25) is 0 Å². The highest BCUT2D eigenvalue weighted by Gasteiger charge is 2.34. The minimum atomic E-state index is -0.367. The molecule has 120 valence electrons. The normalized spacial score (nSPS) is 14.9. The lowest BCUT2D eigenvalue weighted by Gasteiger charge is -2.06. The van der Waals surface area contributed by atoms with Gasteiger partial charge in [-0.3, -0.25) is 19.3 Å². The Kier molecular flexibility index (Phi) is 5.11. The van der Waals surface area contributed by atoms with Gasteiger partial charge in [-0.2, -0.15) is 0 Å². The SMILES string of the molecule is C/C=C(\CC)C1=C(c2cnc3ccccn23)C(=O)NC1=O.CC. The molecule has 5 heteroatoms. The van der Waals surface area contributed by atoms with Crippen LogP contribution in [0.1, 0.15) is 39.8 Å². The molecule has 5 nitrogen and oxygen atoms in total. The molecule has 2 aromatic heterocycles. The third kappa shape index (κ3) is 2.82. The summed E-state index contributed by atoms with van der Waals surface area (Å²) in [7, 11) is 0. The number of aromatic nitrogens is 2. The number of carbonyl (C=O) groups is 2. The highest BCUT2D eigenvalue weighted by molar-refractivity contribution is 6.37. The van der Waals surface area contributed by atoms with E-state index in [0.717, 1.165) is 11.2 Å². The summed E-state index contributed by atoms with van der Waals surface area (Å²) in [6, 6.07) is 5.60. The number of pyridine rings is 1. The van der Waals surface area contributed by atoms with E-state index in [1.54, 1.807) is 6.20 Å². The van der Waals surface area contributed by atoms with Crippen molar-refractivity contribution in [2.75, 3.05) is 0 Å². The Morgan fingerprint density at radius 3 is 2.65 bits per heavy atom. The van der Waals surface area contributed by atoms with Gasteiger partial charge in [0.05, 0.1) is 23.0 Å². The lowest BCUT2D eigenvalue weighted by Crippen LogP contribution is -2.23. The van der Waals surface area contributed by atoms with Gasteiger partial charge in [0.15, 0.2) is 0 Å². The predicted molar refractivity (Wildman–Crippen MR) is 90.7 cm³/mol. The lowest BCUT2D eigenvalue weighted by molar-refractivity contribution is -0.123. The van der Waals surface area contributed by atoms with E-state index in [2.05, 4.69) is 10.3 Å². The lowest BCUT2D eigenvalue weighted by atomic mass is 9.97. The average molecular weight is 311 g/mol. The Balaban J connectivity index is 0.000000924. The van der Waals surface area contributed by atoms with Crippen molar-refractivity contribution in [2.45, 2.75) is 34.1 Å². The third-order valence-electron chi connectivity index (χ3n) is 3.65. The molecule has 0 unspecified atom stereocenters. The Bertz CT molecular complexity index is 813. The molecule has 1 aliphatic heterocycles. The number of imidazole rings is 1. The van der Waals surface area contributed by atoms with E-state index < -0.39 is 0 Å². The molecular weight excluding hydrogens is 290 g/mol. The molecule has 2 amide bonds. The minimum Gasteiger partial charge on any atom is -0.299 e. The Morgan fingerprint density at radius 1 is 1.26 bits per heavy atom. The van der Waals surface area contributed by atoms with Gasteiger partial charge in [0.25, 0.3) is 11.8 Å². The monoisotopic (exact) mass is 311 g/mol. The zero-order valence-electron chi connectivity index (χ0n) is 13.9. The van der Waals surface area contributed by atoms with Crippen molar-refractivity contribution < 1.29 is 9.59 Å². The summed E-state index contributed by atoms with van der Waals surface area (Å²) in [5.74, 6) is -0.704. The van der Waals surface area contributed by atoms with Crippen LogP contribution in [-0.2, 0) is 9.59 Å². The second-order valence-electron chi connectivity index (χ2n) is 4.77. The maximum atomic E-state index is 12.2. The number of nitrogens with zero attached hydrogens (tertiary/aromatic N) is 2. The molecule has 1 aliphatic rings. The van der Waals surface area contributed by atoms with Crippen LogP contribution in [0.15, 0.2) is 47.8 Å². The van der Waals surface area contributed by atoms with Gasteiger partial charge in [-0.1, -0.05) is 32.9 Å². The van der Waals surface area contributed by atoms with Crippen LogP contribution in [0, 0.1) is 0 Å². The van der Waals surface area contributed by atoms with Crippen molar-refractivity contribution in [1.29, 1.82) is 0 Å². The Hall–Kier alpha value is -2.69. The number of amides is 2. The molecule has 1 N–H and O–H groups in total. The summed E-state index contributed by atoms with van der Waals surface area (Å²) in [6.45, 7) is 7.83. The van der Waals surface area contributed by atoms with Gasteiger partial charge >= 0.3 is 0 Å². The van der Waals surface area contributed by atoms with Crippen molar-refractivity contribution in [3.63, 3.8) is 0 Å². The van der Waals surface area contributed by atoms with Gasteiger partial charge in [0, 0.05) is 6.20 Å². The van der Waals surface area contributed by atoms with Crippen molar-refractivity contribution in [3.8, 4) is 0 Å². The quantitative estimate of drug-likeness (QED) is 0.886. The van der Waals surface area contributed by atoms with Gasteiger partial charge in [0.1, 0.15) is 5.65 Å². The smallest absolute Gasteiger partial charge is 0.261 e. The maximum absolute atomic E-state index is 12.2. The number of fused-ring (bicyclic) bond motifs is 1. The third-order valence-corrected chi connectivity index (χ3v) is 3.65. The van der Waals surface area contributed by atoms with Gasteiger partial charge in [-0.25, -0.2) is 4.98 Å². The van der Waals surface area contributed by atoms with Crippen molar-refractivity contribution in [1.82, 2.24) is 14.7 Å². The summed E-state index contributed by atoms with van der Waals surface area (Å²) in [5.41, 5.74) is 3.09. The zero-order chi connectivity index (χ0) is 17.0. The number of nitrogens with one attached hydrogen (secondary N) is 1. The minimum absolute atomic E-state index is 0.337. The number of rotatable bonds is 3. The molecule has 0 atom stereocenters. The molecule has 3 rings (SSSR count). The van der Waals surface area contributed by atoms with Crippen LogP contribution < -0.4 is 5.32 Å². The first kappa shape index (κ1) is 16.7. The molecule has 0 saturated heterocycles. The highest BCUT2D eigenvalue weighted by atomic mass is 16.2. The van der Waals surface area contributed by atoms with Crippen molar-refractivity contribution in [2.24, 2.45) is 0 Å². The first-order valence-corrected chi connectivity index (χ1v) is 7.85. The first-order chi connectivity index (χ1) is 11.2. The van der Waals surface area contributed by atoms with Gasteiger partial charge in [0.2, 0.25) is 0 Å². The number of hydrogen-bond donors (Lipinski definition) is 1. The molecule has 0 saturated carbocycles. The van der Waals surface area contributed by atoms with Gasteiger partial charge in [-0.15, -0.1) is 0 Å². The van der Waals surface area contributed by atoms with E-state index in [-0.39, 0.29) is 11.8 Å². The number of hydrogen-bond acceptors (Lipinski definition) is 3. The van der Waals surface area contributed by atoms with Crippen LogP contribution in [0.3, 0.4) is 0 Å². The van der Waals surface area contributed by atoms with Gasteiger partial charge < -0.3 is 0 Å². The largest absolute Gasteiger partial charge is 0.299 e. The van der Waals surface area contributed by atoms with E-state index in [4.69, 9.17) is 0 Å². The first-order valence-electron chi connectivity index (χ1n) is 7.85. The molecule has 0 spiro atoms. The Morgan fingerprint density at radius 2 is 2.00 bits per heavy atom. The molecule has 0 bridgehead atoms.